The number of aliphatic hydroxyl groups is 1. The summed E-state index contributed by atoms with van der Waals surface area (Å²) >= 11 is 0. The average molecular weight is 247 g/mol. The highest BCUT2D eigenvalue weighted by Gasteiger charge is 2.48. The van der Waals surface area contributed by atoms with Crippen LogP contribution in [-0.4, -0.2) is 42.7 Å². The largest absolute Gasteiger partial charge is 0.485 e. The van der Waals surface area contributed by atoms with E-state index in [0.29, 0.717) is 24.5 Å². The van der Waals surface area contributed by atoms with Crippen LogP contribution in [0.2, 0.25) is 0 Å². The van der Waals surface area contributed by atoms with Gasteiger partial charge in [0.2, 0.25) is 0 Å². The molecule has 0 aromatic heterocycles. The third-order valence-electron chi connectivity index (χ3n) is 3.25. The fraction of sp³-hybridized carbons (Fsp3) is 0.462. The van der Waals surface area contributed by atoms with Gasteiger partial charge in [0.1, 0.15) is 24.1 Å². The fourth-order valence-corrected chi connectivity index (χ4v) is 2.33. The number of hydrogen-bond acceptors (Lipinski definition) is 5. The second-order valence-corrected chi connectivity index (χ2v) is 4.46. The Morgan fingerprint density at radius 1 is 1.17 bits per heavy atom. The van der Waals surface area contributed by atoms with E-state index in [-0.39, 0.29) is 18.3 Å². The van der Waals surface area contributed by atoms with Crippen molar-refractivity contribution in [3.8, 4) is 11.8 Å². The van der Waals surface area contributed by atoms with Crippen molar-refractivity contribution in [1.82, 2.24) is 0 Å². The molecule has 2 aliphatic rings. The van der Waals surface area contributed by atoms with Crippen molar-refractivity contribution in [2.24, 2.45) is 0 Å². The summed E-state index contributed by atoms with van der Waals surface area (Å²) in [4.78, 5) is 0. The Morgan fingerprint density at radius 2 is 1.89 bits per heavy atom. The summed E-state index contributed by atoms with van der Waals surface area (Å²) in [6, 6.07) is 8.95. The molecule has 1 aromatic carbocycles. The van der Waals surface area contributed by atoms with E-state index in [9.17, 15) is 5.11 Å². The van der Waals surface area contributed by atoms with E-state index in [1.165, 1.54) is 0 Å². The summed E-state index contributed by atoms with van der Waals surface area (Å²) in [5.74, 6) is 0.674. The predicted molar refractivity (Wildman–Crippen MR) is 61.1 cm³/mol. The number of rotatable bonds is 2. The molecule has 2 aliphatic heterocycles. The minimum absolute atomic E-state index is 0.208. The number of aliphatic hydroxyl groups excluding tert-OH is 1. The smallest absolute Gasteiger partial charge is 0.151 e. The molecular formula is C13H13NO4. The maximum absolute atomic E-state index is 9.61. The van der Waals surface area contributed by atoms with Gasteiger partial charge in [0.15, 0.2) is 6.10 Å². The highest BCUT2D eigenvalue weighted by molar-refractivity contribution is 5.34. The van der Waals surface area contributed by atoms with Gasteiger partial charge in [-0.25, -0.2) is 0 Å². The zero-order valence-electron chi connectivity index (χ0n) is 9.65. The van der Waals surface area contributed by atoms with E-state index in [2.05, 4.69) is 6.07 Å². The molecule has 5 heteroatoms. The number of nitrogens with zero attached hydrogens (tertiary/aromatic N) is 1. The summed E-state index contributed by atoms with van der Waals surface area (Å²) in [5.41, 5.74) is 0.593. The molecule has 0 unspecified atom stereocenters. The first-order valence-corrected chi connectivity index (χ1v) is 5.86. The zero-order chi connectivity index (χ0) is 12.5. The highest BCUT2D eigenvalue weighted by Crippen LogP contribution is 2.29. The lowest BCUT2D eigenvalue weighted by Crippen LogP contribution is -2.34. The van der Waals surface area contributed by atoms with Gasteiger partial charge in [-0.1, -0.05) is 0 Å². The maximum atomic E-state index is 9.61. The normalized spacial score (nSPS) is 34.0. The van der Waals surface area contributed by atoms with Crippen LogP contribution < -0.4 is 4.74 Å². The number of fused-ring (bicyclic) bond motifs is 1. The summed E-state index contributed by atoms with van der Waals surface area (Å²) < 4.78 is 16.7. The van der Waals surface area contributed by atoms with Crippen molar-refractivity contribution in [3.63, 3.8) is 0 Å². The summed E-state index contributed by atoms with van der Waals surface area (Å²) in [6.45, 7) is 0.703. The quantitative estimate of drug-likeness (QED) is 0.822. The monoisotopic (exact) mass is 247 g/mol. The molecular weight excluding hydrogens is 234 g/mol. The highest BCUT2D eigenvalue weighted by atomic mass is 16.6. The molecule has 18 heavy (non-hydrogen) atoms. The maximum Gasteiger partial charge on any atom is 0.151 e. The van der Waals surface area contributed by atoms with Crippen LogP contribution >= 0.6 is 0 Å². The fourth-order valence-electron chi connectivity index (χ4n) is 2.33. The van der Waals surface area contributed by atoms with E-state index in [1.807, 2.05) is 0 Å². The van der Waals surface area contributed by atoms with Crippen LogP contribution in [0.3, 0.4) is 0 Å². The second kappa shape index (κ2) is 4.58. The molecule has 0 radical (unpaired) electrons. The van der Waals surface area contributed by atoms with Crippen LogP contribution in [0.25, 0.3) is 0 Å². The van der Waals surface area contributed by atoms with Crippen molar-refractivity contribution >= 4 is 0 Å². The molecule has 2 saturated heterocycles. The Balaban J connectivity index is 1.68. The molecule has 2 fully saturated rings. The summed E-state index contributed by atoms with van der Waals surface area (Å²) in [5, 5.41) is 18.3. The number of benzene rings is 1. The number of nitriles is 1. The third kappa shape index (κ3) is 1.95. The molecule has 5 nitrogen and oxygen atoms in total. The standard InChI is InChI=1S/C13H13NO4/c14-5-8-1-3-9(4-2-8)18-11-7-17-12-10(15)6-16-13(11)12/h1-4,10-13,15H,6-7H2/t10-,11+,12+,13+/m0/s1. The molecule has 0 amide bonds. The first kappa shape index (κ1) is 11.5. The molecule has 94 valence electrons. The van der Waals surface area contributed by atoms with Crippen LogP contribution in [0.1, 0.15) is 5.56 Å². The molecule has 1 aromatic rings. The molecule has 2 heterocycles. The molecule has 3 rings (SSSR count). The minimum atomic E-state index is -0.565. The number of ether oxygens (including phenoxy) is 3. The third-order valence-corrected chi connectivity index (χ3v) is 3.25. The Bertz CT molecular complexity index is 467. The average Bonchev–Trinajstić information content (AvgIpc) is 2.95. The van der Waals surface area contributed by atoms with Gasteiger partial charge in [0, 0.05) is 0 Å². The van der Waals surface area contributed by atoms with Crippen LogP contribution in [0, 0.1) is 11.3 Å². The number of hydrogen-bond donors (Lipinski definition) is 1. The van der Waals surface area contributed by atoms with Crippen LogP contribution in [-0.2, 0) is 9.47 Å². The van der Waals surface area contributed by atoms with E-state index in [0.717, 1.165) is 0 Å². The van der Waals surface area contributed by atoms with Crippen molar-refractivity contribution < 1.29 is 19.3 Å². The first-order chi connectivity index (χ1) is 8.78. The molecule has 4 atom stereocenters. The topological polar surface area (TPSA) is 71.7 Å². The van der Waals surface area contributed by atoms with Gasteiger partial charge in [0.05, 0.1) is 24.8 Å². The van der Waals surface area contributed by atoms with Gasteiger partial charge in [-0.2, -0.15) is 5.26 Å². The SMILES string of the molecule is N#Cc1ccc(O[C@@H]2CO[C@H]3[C@@H]2OC[C@@H]3O)cc1. The Kier molecular flexibility index (Phi) is 2.92. The Labute approximate surface area is 105 Å². The van der Waals surface area contributed by atoms with Crippen molar-refractivity contribution in [1.29, 1.82) is 5.26 Å². The lowest BCUT2D eigenvalue weighted by atomic mass is 10.1. The molecule has 0 spiro atoms. The van der Waals surface area contributed by atoms with E-state index in [4.69, 9.17) is 19.5 Å². The predicted octanol–water partition coefficient (Wildman–Crippen LogP) is 0.464. The van der Waals surface area contributed by atoms with E-state index >= 15 is 0 Å². The second-order valence-electron chi connectivity index (χ2n) is 4.46. The molecule has 1 N–H and O–H groups in total. The van der Waals surface area contributed by atoms with Gasteiger partial charge in [0.25, 0.3) is 0 Å². The van der Waals surface area contributed by atoms with Crippen molar-refractivity contribution in [3.05, 3.63) is 29.8 Å². The lowest BCUT2D eigenvalue weighted by molar-refractivity contribution is 0.00863. The first-order valence-electron chi connectivity index (χ1n) is 5.86. The van der Waals surface area contributed by atoms with Gasteiger partial charge in [-0.05, 0) is 24.3 Å². The van der Waals surface area contributed by atoms with Crippen LogP contribution in [0.5, 0.6) is 5.75 Å². The van der Waals surface area contributed by atoms with Gasteiger partial charge in [-0.15, -0.1) is 0 Å². The minimum Gasteiger partial charge on any atom is -0.485 e. The van der Waals surface area contributed by atoms with Gasteiger partial charge in [-0.3, -0.25) is 0 Å². The summed E-state index contributed by atoms with van der Waals surface area (Å²) in [7, 11) is 0. The van der Waals surface area contributed by atoms with E-state index in [1.54, 1.807) is 24.3 Å². The van der Waals surface area contributed by atoms with Gasteiger partial charge >= 0.3 is 0 Å². The zero-order valence-corrected chi connectivity index (χ0v) is 9.65. The van der Waals surface area contributed by atoms with Crippen molar-refractivity contribution in [2.45, 2.75) is 24.4 Å². The lowest BCUT2D eigenvalue weighted by Gasteiger charge is -2.17. The summed E-state index contributed by atoms with van der Waals surface area (Å²) in [6.07, 6.45) is -1.27. The van der Waals surface area contributed by atoms with Gasteiger partial charge < -0.3 is 19.3 Å². The van der Waals surface area contributed by atoms with Crippen molar-refractivity contribution in [2.75, 3.05) is 13.2 Å². The molecule has 0 saturated carbocycles. The Morgan fingerprint density at radius 3 is 2.61 bits per heavy atom. The van der Waals surface area contributed by atoms with E-state index < -0.39 is 6.10 Å². The molecule has 0 aliphatic carbocycles. The Hall–Kier alpha value is -1.61. The van der Waals surface area contributed by atoms with Crippen LogP contribution in [0.4, 0.5) is 0 Å². The van der Waals surface area contributed by atoms with Crippen LogP contribution in [0.15, 0.2) is 24.3 Å². The molecule has 0 bridgehead atoms.